The molecule has 2 nitrogen and oxygen atoms in total. The van der Waals surface area contributed by atoms with E-state index in [1.54, 1.807) is 0 Å². The van der Waals surface area contributed by atoms with Gasteiger partial charge in [-0.05, 0) is 30.5 Å². The number of benzene rings is 1. The lowest BCUT2D eigenvalue weighted by Crippen LogP contribution is -2.45. The summed E-state index contributed by atoms with van der Waals surface area (Å²) in [5, 5.41) is 12.6. The Labute approximate surface area is 99.7 Å². The van der Waals surface area contributed by atoms with Crippen LogP contribution in [0.25, 0.3) is 0 Å². The SMILES string of the molecule is OCC1(NCc2cc(F)cc(F)c2)CCCC1. The Hall–Kier alpha value is -1.00. The van der Waals surface area contributed by atoms with E-state index in [9.17, 15) is 13.9 Å². The van der Waals surface area contributed by atoms with E-state index in [0.717, 1.165) is 31.7 Å². The number of rotatable bonds is 4. The Balaban J connectivity index is 2.01. The Morgan fingerprint density at radius 3 is 2.24 bits per heavy atom. The summed E-state index contributed by atoms with van der Waals surface area (Å²) >= 11 is 0. The first-order valence-electron chi connectivity index (χ1n) is 5.94. The minimum absolute atomic E-state index is 0.0742. The first-order chi connectivity index (χ1) is 8.13. The van der Waals surface area contributed by atoms with E-state index in [1.165, 1.54) is 12.1 Å². The lowest BCUT2D eigenvalue weighted by Gasteiger charge is -2.28. The third-order valence-corrected chi connectivity index (χ3v) is 3.45. The second-order valence-electron chi connectivity index (χ2n) is 4.78. The summed E-state index contributed by atoms with van der Waals surface area (Å²) in [4.78, 5) is 0. The van der Waals surface area contributed by atoms with E-state index in [2.05, 4.69) is 5.32 Å². The molecule has 0 saturated heterocycles. The highest BCUT2D eigenvalue weighted by atomic mass is 19.1. The third kappa shape index (κ3) is 3.01. The van der Waals surface area contributed by atoms with Gasteiger partial charge in [-0.2, -0.15) is 0 Å². The fraction of sp³-hybridized carbons (Fsp3) is 0.538. The van der Waals surface area contributed by atoms with Gasteiger partial charge in [-0.1, -0.05) is 12.8 Å². The largest absolute Gasteiger partial charge is 0.394 e. The molecule has 1 aromatic rings. The minimum Gasteiger partial charge on any atom is -0.394 e. The van der Waals surface area contributed by atoms with Gasteiger partial charge in [0.15, 0.2) is 0 Å². The van der Waals surface area contributed by atoms with E-state index >= 15 is 0 Å². The molecule has 2 N–H and O–H groups in total. The second-order valence-corrected chi connectivity index (χ2v) is 4.78. The molecule has 2 rings (SSSR count). The topological polar surface area (TPSA) is 32.3 Å². The van der Waals surface area contributed by atoms with Gasteiger partial charge in [0.1, 0.15) is 11.6 Å². The zero-order chi connectivity index (χ0) is 12.3. The molecule has 0 amide bonds. The molecule has 1 saturated carbocycles. The average Bonchev–Trinajstić information content (AvgIpc) is 2.74. The van der Waals surface area contributed by atoms with Crippen LogP contribution in [0, 0.1) is 11.6 Å². The summed E-state index contributed by atoms with van der Waals surface area (Å²) < 4.78 is 26.0. The predicted molar refractivity (Wildman–Crippen MR) is 61.5 cm³/mol. The molecule has 0 aromatic heterocycles. The molecule has 1 aliphatic rings. The third-order valence-electron chi connectivity index (χ3n) is 3.45. The molecule has 1 fully saturated rings. The quantitative estimate of drug-likeness (QED) is 0.848. The summed E-state index contributed by atoms with van der Waals surface area (Å²) in [5.74, 6) is -1.13. The summed E-state index contributed by atoms with van der Waals surface area (Å²) in [6.45, 7) is 0.458. The van der Waals surface area contributed by atoms with Crippen LogP contribution >= 0.6 is 0 Å². The van der Waals surface area contributed by atoms with Gasteiger partial charge in [0.2, 0.25) is 0 Å². The Bertz CT molecular complexity index is 369. The van der Waals surface area contributed by atoms with Crippen molar-refractivity contribution in [2.24, 2.45) is 0 Å². The highest BCUT2D eigenvalue weighted by Gasteiger charge is 2.32. The highest BCUT2D eigenvalue weighted by Crippen LogP contribution is 2.29. The molecule has 0 spiro atoms. The molecule has 0 bridgehead atoms. The van der Waals surface area contributed by atoms with Gasteiger partial charge in [-0.15, -0.1) is 0 Å². The van der Waals surface area contributed by atoms with Crippen molar-refractivity contribution in [3.05, 3.63) is 35.4 Å². The van der Waals surface area contributed by atoms with Crippen molar-refractivity contribution in [3.63, 3.8) is 0 Å². The standard InChI is InChI=1S/C13H17F2NO/c14-11-5-10(6-12(15)7-11)8-16-13(9-17)3-1-2-4-13/h5-7,16-17H,1-4,8-9H2. The number of aliphatic hydroxyl groups is 1. The van der Waals surface area contributed by atoms with Crippen molar-refractivity contribution in [3.8, 4) is 0 Å². The van der Waals surface area contributed by atoms with Crippen molar-refractivity contribution in [1.82, 2.24) is 5.32 Å². The Kier molecular flexibility index (Phi) is 3.74. The Morgan fingerprint density at radius 2 is 1.71 bits per heavy atom. The summed E-state index contributed by atoms with van der Waals surface area (Å²) in [6, 6.07) is 3.49. The number of nitrogens with one attached hydrogen (secondary N) is 1. The zero-order valence-electron chi connectivity index (χ0n) is 9.68. The van der Waals surface area contributed by atoms with Crippen LogP contribution in [0.4, 0.5) is 8.78 Å². The molecular weight excluding hydrogens is 224 g/mol. The molecule has 0 atom stereocenters. The normalized spacial score (nSPS) is 18.5. The van der Waals surface area contributed by atoms with Crippen molar-refractivity contribution in [2.45, 2.75) is 37.8 Å². The minimum atomic E-state index is -0.564. The monoisotopic (exact) mass is 241 g/mol. The molecule has 0 aliphatic heterocycles. The van der Waals surface area contributed by atoms with Gasteiger partial charge < -0.3 is 10.4 Å². The number of halogens is 2. The number of hydrogen-bond acceptors (Lipinski definition) is 2. The van der Waals surface area contributed by atoms with Crippen molar-refractivity contribution in [1.29, 1.82) is 0 Å². The van der Waals surface area contributed by atoms with Crippen LogP contribution in [-0.2, 0) is 6.54 Å². The molecule has 1 aromatic carbocycles. The maximum absolute atomic E-state index is 13.0. The zero-order valence-corrected chi connectivity index (χ0v) is 9.68. The van der Waals surface area contributed by atoms with Crippen LogP contribution in [0.1, 0.15) is 31.2 Å². The first-order valence-corrected chi connectivity index (χ1v) is 5.94. The van der Waals surface area contributed by atoms with E-state index in [4.69, 9.17) is 0 Å². The molecule has 94 valence electrons. The predicted octanol–water partition coefficient (Wildman–Crippen LogP) is 2.36. The van der Waals surface area contributed by atoms with E-state index in [-0.39, 0.29) is 12.1 Å². The lowest BCUT2D eigenvalue weighted by atomic mass is 9.98. The van der Waals surface area contributed by atoms with Crippen LogP contribution in [0.5, 0.6) is 0 Å². The van der Waals surface area contributed by atoms with Crippen LogP contribution in [-0.4, -0.2) is 17.3 Å². The van der Waals surface area contributed by atoms with Gasteiger partial charge >= 0.3 is 0 Å². The van der Waals surface area contributed by atoms with Crippen molar-refractivity contribution >= 4 is 0 Å². The van der Waals surface area contributed by atoms with Gasteiger partial charge in [-0.3, -0.25) is 0 Å². The number of hydrogen-bond donors (Lipinski definition) is 2. The van der Waals surface area contributed by atoms with Crippen molar-refractivity contribution < 1.29 is 13.9 Å². The molecule has 0 heterocycles. The molecule has 1 aliphatic carbocycles. The van der Waals surface area contributed by atoms with Crippen LogP contribution < -0.4 is 5.32 Å². The first kappa shape index (κ1) is 12.5. The fourth-order valence-corrected chi connectivity index (χ4v) is 2.45. The van der Waals surface area contributed by atoms with Crippen LogP contribution in [0.2, 0.25) is 0 Å². The molecule has 17 heavy (non-hydrogen) atoms. The van der Waals surface area contributed by atoms with E-state index < -0.39 is 11.6 Å². The highest BCUT2D eigenvalue weighted by molar-refractivity contribution is 5.18. The average molecular weight is 241 g/mol. The summed E-state index contributed by atoms with van der Waals surface area (Å²) in [5.41, 5.74) is 0.310. The smallest absolute Gasteiger partial charge is 0.126 e. The van der Waals surface area contributed by atoms with Gasteiger partial charge in [0.05, 0.1) is 6.61 Å². The van der Waals surface area contributed by atoms with Crippen molar-refractivity contribution in [2.75, 3.05) is 6.61 Å². The van der Waals surface area contributed by atoms with Crippen LogP contribution in [0.15, 0.2) is 18.2 Å². The maximum atomic E-state index is 13.0. The lowest BCUT2D eigenvalue weighted by molar-refractivity contribution is 0.163. The van der Waals surface area contributed by atoms with Gasteiger partial charge in [0, 0.05) is 18.2 Å². The summed E-state index contributed by atoms with van der Waals surface area (Å²) in [6.07, 6.45) is 4.01. The molecule has 0 unspecified atom stereocenters. The maximum Gasteiger partial charge on any atom is 0.126 e. The summed E-state index contributed by atoms with van der Waals surface area (Å²) in [7, 11) is 0. The molecule has 0 radical (unpaired) electrons. The molecular formula is C13H17F2NO. The van der Waals surface area contributed by atoms with Gasteiger partial charge in [-0.25, -0.2) is 8.78 Å². The van der Waals surface area contributed by atoms with Crippen LogP contribution in [0.3, 0.4) is 0 Å². The van der Waals surface area contributed by atoms with E-state index in [0.29, 0.717) is 12.1 Å². The van der Waals surface area contributed by atoms with Gasteiger partial charge in [0.25, 0.3) is 0 Å². The van der Waals surface area contributed by atoms with E-state index in [1.807, 2.05) is 0 Å². The fourth-order valence-electron chi connectivity index (χ4n) is 2.45. The second kappa shape index (κ2) is 5.10. The Morgan fingerprint density at radius 1 is 1.12 bits per heavy atom. The number of aliphatic hydroxyl groups excluding tert-OH is 1. The molecule has 4 heteroatoms.